The first-order valence-corrected chi connectivity index (χ1v) is 10.2. The van der Waals surface area contributed by atoms with Crippen molar-refractivity contribution in [2.45, 2.75) is 18.0 Å². The third-order valence-electron chi connectivity index (χ3n) is 6.70. The Hall–Kier alpha value is -3.25. The Morgan fingerprint density at radius 2 is 1.73 bits per heavy atom. The molecule has 3 aliphatic rings. The van der Waals surface area contributed by atoms with Crippen molar-refractivity contribution in [1.29, 1.82) is 0 Å². The van der Waals surface area contributed by atoms with Gasteiger partial charge < -0.3 is 4.90 Å². The van der Waals surface area contributed by atoms with E-state index in [1.165, 1.54) is 11.9 Å². The Balaban J connectivity index is 1.66. The molecular formula is C24H23N3O3. The Morgan fingerprint density at radius 3 is 2.47 bits per heavy atom. The first kappa shape index (κ1) is 18.8. The van der Waals surface area contributed by atoms with Gasteiger partial charge in [0.25, 0.3) is 5.91 Å². The second-order valence-electron chi connectivity index (χ2n) is 8.21. The minimum absolute atomic E-state index is 0.189. The number of benzene rings is 2. The van der Waals surface area contributed by atoms with Gasteiger partial charge in [-0.25, -0.2) is 0 Å². The van der Waals surface area contributed by atoms with Crippen LogP contribution in [-0.2, 0) is 26.3 Å². The number of para-hydroxylation sites is 1. The number of hydrogen-bond donors (Lipinski definition) is 1. The van der Waals surface area contributed by atoms with E-state index < -0.39 is 17.4 Å². The first-order chi connectivity index (χ1) is 14.5. The first-order valence-electron chi connectivity index (χ1n) is 10.2. The van der Waals surface area contributed by atoms with E-state index in [0.29, 0.717) is 13.0 Å². The highest BCUT2D eigenvalue weighted by molar-refractivity contribution is 6.16. The molecule has 6 heteroatoms. The summed E-state index contributed by atoms with van der Waals surface area (Å²) in [6.45, 7) is 4.12. The van der Waals surface area contributed by atoms with Crippen molar-refractivity contribution in [3.05, 3.63) is 78.4 Å². The number of fused-ring (bicyclic) bond motifs is 4. The summed E-state index contributed by atoms with van der Waals surface area (Å²) < 4.78 is 0. The van der Waals surface area contributed by atoms with Crippen LogP contribution in [0.5, 0.6) is 0 Å². The molecule has 0 radical (unpaired) electrons. The Labute approximate surface area is 175 Å². The van der Waals surface area contributed by atoms with Crippen LogP contribution < -0.4 is 10.2 Å². The number of carbonyl (C=O) groups is 3. The molecule has 1 spiro atoms. The summed E-state index contributed by atoms with van der Waals surface area (Å²) in [6.07, 6.45) is 2.24. The molecule has 0 unspecified atom stereocenters. The molecule has 1 N–H and O–H groups in total. The van der Waals surface area contributed by atoms with Gasteiger partial charge in [0, 0.05) is 30.9 Å². The molecule has 2 fully saturated rings. The maximum absolute atomic E-state index is 13.8. The van der Waals surface area contributed by atoms with E-state index in [0.717, 1.165) is 16.8 Å². The van der Waals surface area contributed by atoms with Gasteiger partial charge in [0.2, 0.25) is 11.8 Å². The van der Waals surface area contributed by atoms with Gasteiger partial charge in [-0.1, -0.05) is 54.6 Å². The zero-order valence-corrected chi connectivity index (χ0v) is 16.7. The normalized spacial score (nSPS) is 29.6. The van der Waals surface area contributed by atoms with E-state index in [9.17, 15) is 14.4 Å². The molecule has 2 saturated heterocycles. The van der Waals surface area contributed by atoms with Crippen LogP contribution in [0, 0.1) is 11.8 Å². The van der Waals surface area contributed by atoms with Gasteiger partial charge >= 0.3 is 0 Å². The van der Waals surface area contributed by atoms with Crippen LogP contribution in [-0.4, -0.2) is 42.3 Å². The summed E-state index contributed by atoms with van der Waals surface area (Å²) in [5.41, 5.74) is 1.35. The van der Waals surface area contributed by atoms with Crippen molar-refractivity contribution < 1.29 is 14.4 Å². The van der Waals surface area contributed by atoms with Crippen molar-refractivity contribution >= 4 is 23.4 Å². The Bertz CT molecular complexity index is 1070. The van der Waals surface area contributed by atoms with Crippen molar-refractivity contribution in [2.24, 2.45) is 11.8 Å². The maximum atomic E-state index is 13.8. The van der Waals surface area contributed by atoms with Crippen LogP contribution in [0.1, 0.15) is 11.1 Å². The average Bonchev–Trinajstić information content (AvgIpc) is 3.30. The zero-order valence-electron chi connectivity index (χ0n) is 16.7. The summed E-state index contributed by atoms with van der Waals surface area (Å²) in [7, 11) is 1.52. The van der Waals surface area contributed by atoms with E-state index in [-0.39, 0.29) is 23.8 Å². The zero-order chi connectivity index (χ0) is 21.0. The van der Waals surface area contributed by atoms with Crippen molar-refractivity contribution in [1.82, 2.24) is 10.2 Å². The number of likely N-dealkylation sites (tertiary alicyclic amines) is 1. The minimum atomic E-state index is -1.23. The van der Waals surface area contributed by atoms with E-state index in [1.807, 2.05) is 54.6 Å². The van der Waals surface area contributed by atoms with E-state index in [4.69, 9.17) is 0 Å². The molecule has 30 heavy (non-hydrogen) atoms. The highest BCUT2D eigenvalue weighted by Gasteiger charge is 2.70. The molecule has 5 rings (SSSR count). The van der Waals surface area contributed by atoms with Crippen molar-refractivity contribution in [3.63, 3.8) is 0 Å². The van der Waals surface area contributed by atoms with E-state index >= 15 is 0 Å². The summed E-state index contributed by atoms with van der Waals surface area (Å²) in [5, 5.41) is 3.50. The molecule has 152 valence electrons. The second kappa shape index (κ2) is 6.64. The van der Waals surface area contributed by atoms with Crippen molar-refractivity contribution in [3.8, 4) is 0 Å². The molecular weight excluding hydrogens is 378 g/mol. The van der Waals surface area contributed by atoms with Gasteiger partial charge in [-0.15, -0.1) is 6.58 Å². The number of rotatable bonds is 4. The number of nitrogens with one attached hydrogen (secondary N) is 1. The number of hydrogen-bond acceptors (Lipinski definition) is 4. The lowest BCUT2D eigenvalue weighted by Crippen LogP contribution is -2.55. The van der Waals surface area contributed by atoms with Gasteiger partial charge in [-0.05, 0) is 18.1 Å². The molecule has 2 aromatic rings. The predicted molar refractivity (Wildman–Crippen MR) is 112 cm³/mol. The average molecular weight is 401 g/mol. The summed E-state index contributed by atoms with van der Waals surface area (Å²) >= 11 is 0. The van der Waals surface area contributed by atoms with Crippen LogP contribution in [0.25, 0.3) is 0 Å². The maximum Gasteiger partial charge on any atom is 0.253 e. The van der Waals surface area contributed by atoms with Gasteiger partial charge in [-0.3, -0.25) is 24.6 Å². The molecule has 2 aromatic carbocycles. The fourth-order valence-corrected chi connectivity index (χ4v) is 5.44. The molecule has 0 bridgehead atoms. The number of anilines is 1. The number of imide groups is 1. The molecule has 6 nitrogen and oxygen atoms in total. The number of carbonyl (C=O) groups excluding carboxylic acids is 3. The molecule has 3 amide bonds. The van der Waals surface area contributed by atoms with Gasteiger partial charge in [0.05, 0.1) is 11.8 Å². The van der Waals surface area contributed by atoms with Crippen molar-refractivity contribution in [2.75, 3.05) is 18.5 Å². The SMILES string of the molecule is C=CCN1C(=O)[C@@]2(N[C@@H](Cc3ccccc3)[C@@H]3C(=O)N(C)C(=O)[C@H]32)c2ccccc21. The molecule has 0 aliphatic carbocycles. The summed E-state index contributed by atoms with van der Waals surface area (Å²) in [4.78, 5) is 43.0. The summed E-state index contributed by atoms with van der Waals surface area (Å²) in [6, 6.07) is 17.1. The quantitative estimate of drug-likeness (QED) is 0.627. The molecule has 3 aliphatic heterocycles. The number of amides is 3. The van der Waals surface area contributed by atoms with Gasteiger partial charge in [-0.2, -0.15) is 0 Å². The summed E-state index contributed by atoms with van der Waals surface area (Å²) in [5.74, 6) is -2.04. The fraction of sp³-hybridized carbons (Fsp3) is 0.292. The van der Waals surface area contributed by atoms with Crippen LogP contribution in [0.4, 0.5) is 5.69 Å². The topological polar surface area (TPSA) is 69.7 Å². The third kappa shape index (κ3) is 2.31. The van der Waals surface area contributed by atoms with Gasteiger partial charge in [0.15, 0.2) is 0 Å². The van der Waals surface area contributed by atoms with Crippen LogP contribution in [0.2, 0.25) is 0 Å². The molecule has 3 heterocycles. The lowest BCUT2D eigenvalue weighted by molar-refractivity contribution is -0.141. The smallest absolute Gasteiger partial charge is 0.253 e. The fourth-order valence-electron chi connectivity index (χ4n) is 5.44. The highest BCUT2D eigenvalue weighted by atomic mass is 16.2. The minimum Gasteiger partial charge on any atom is -0.306 e. The Kier molecular flexibility index (Phi) is 4.15. The standard InChI is InChI=1S/C24H23N3O3/c1-3-13-27-18-12-8-7-11-16(18)24(23(27)30)20-19(21(28)26(2)22(20)29)17(25-24)14-15-9-5-4-6-10-15/h3-12,17,19-20,25H,1,13-14H2,2H3/t17-,19-,20-,24+/m0/s1. The molecule has 0 aromatic heterocycles. The van der Waals surface area contributed by atoms with Crippen LogP contribution in [0.15, 0.2) is 67.3 Å². The largest absolute Gasteiger partial charge is 0.306 e. The van der Waals surface area contributed by atoms with Gasteiger partial charge in [0.1, 0.15) is 5.54 Å². The van der Waals surface area contributed by atoms with Crippen LogP contribution >= 0.6 is 0 Å². The highest BCUT2D eigenvalue weighted by Crippen LogP contribution is 2.54. The lowest BCUT2D eigenvalue weighted by atomic mass is 9.76. The van der Waals surface area contributed by atoms with E-state index in [2.05, 4.69) is 11.9 Å². The lowest BCUT2D eigenvalue weighted by Gasteiger charge is -2.30. The molecule has 0 saturated carbocycles. The Morgan fingerprint density at radius 1 is 1.03 bits per heavy atom. The predicted octanol–water partition coefficient (Wildman–Crippen LogP) is 1.86. The third-order valence-corrected chi connectivity index (χ3v) is 6.70. The van der Waals surface area contributed by atoms with E-state index in [1.54, 1.807) is 11.0 Å². The van der Waals surface area contributed by atoms with Crippen LogP contribution in [0.3, 0.4) is 0 Å². The second-order valence-corrected chi connectivity index (χ2v) is 8.21. The molecule has 4 atom stereocenters. The number of nitrogens with zero attached hydrogens (tertiary/aromatic N) is 2. The monoisotopic (exact) mass is 401 g/mol.